The molecule has 0 bridgehead atoms. The molecule has 3 rings (SSSR count). The molecule has 0 spiro atoms. The number of aliphatic hydroxyl groups excluding tert-OH is 1. The zero-order chi connectivity index (χ0) is 13.9. The van der Waals surface area contributed by atoms with Crippen LogP contribution in [0.5, 0.6) is 0 Å². The maximum Gasteiger partial charge on any atom is 0.117 e. The molecule has 3 aromatic rings. The number of hydrogen-bond acceptors (Lipinski definition) is 4. The topological polar surface area (TPSA) is 46.0 Å². The molecule has 0 unspecified atom stereocenters. The smallest absolute Gasteiger partial charge is 0.117 e. The first-order valence-electron chi connectivity index (χ1n) is 6.05. The quantitative estimate of drug-likeness (QED) is 0.745. The summed E-state index contributed by atoms with van der Waals surface area (Å²) < 4.78 is 0. The van der Waals surface area contributed by atoms with E-state index in [9.17, 15) is 5.11 Å². The second-order valence-electron chi connectivity index (χ2n) is 4.18. The van der Waals surface area contributed by atoms with Gasteiger partial charge in [-0.25, -0.2) is 9.97 Å². The fourth-order valence-corrected chi connectivity index (χ4v) is 3.27. The third-order valence-corrected chi connectivity index (χ3v) is 4.56. The zero-order valence-corrected chi connectivity index (χ0v) is 12.0. The third kappa shape index (κ3) is 2.50. The first kappa shape index (κ1) is 13.4. The van der Waals surface area contributed by atoms with Crippen molar-refractivity contribution in [1.82, 2.24) is 9.97 Å². The molecule has 0 aliphatic carbocycles. The van der Waals surface area contributed by atoms with E-state index < -0.39 is 0 Å². The van der Waals surface area contributed by atoms with Gasteiger partial charge in [-0.1, -0.05) is 53.7 Å². The summed E-state index contributed by atoms with van der Waals surface area (Å²) >= 11 is 7.69. The van der Waals surface area contributed by atoms with E-state index in [2.05, 4.69) is 9.97 Å². The number of aliphatic hydroxyl groups is 1. The molecule has 1 N–H and O–H groups in total. The van der Waals surface area contributed by atoms with E-state index in [1.54, 1.807) is 6.33 Å². The second kappa shape index (κ2) is 5.79. The molecule has 5 heteroatoms. The fraction of sp³-hybridized carbons (Fsp3) is 0.0667. The van der Waals surface area contributed by atoms with E-state index in [-0.39, 0.29) is 6.61 Å². The second-order valence-corrected chi connectivity index (χ2v) is 5.59. The minimum atomic E-state index is -0.0497. The molecular weight excluding hydrogens is 292 g/mol. The van der Waals surface area contributed by atoms with Gasteiger partial charge in [0.25, 0.3) is 0 Å². The van der Waals surface area contributed by atoms with Crippen molar-refractivity contribution >= 4 is 34.3 Å². The molecule has 0 radical (unpaired) electrons. The van der Waals surface area contributed by atoms with Crippen LogP contribution in [-0.2, 0) is 6.61 Å². The van der Waals surface area contributed by atoms with Crippen molar-refractivity contribution in [3.63, 3.8) is 0 Å². The monoisotopic (exact) mass is 302 g/mol. The van der Waals surface area contributed by atoms with Crippen LogP contribution in [-0.4, -0.2) is 15.1 Å². The molecule has 0 amide bonds. The Morgan fingerprint density at radius 2 is 1.90 bits per heavy atom. The first-order valence-corrected chi connectivity index (χ1v) is 7.25. The molecule has 0 aliphatic rings. The molecule has 2 aromatic carbocycles. The minimum Gasteiger partial charge on any atom is -0.392 e. The highest BCUT2D eigenvalue weighted by Gasteiger charge is 2.11. The van der Waals surface area contributed by atoms with Crippen molar-refractivity contribution in [2.45, 2.75) is 16.5 Å². The summed E-state index contributed by atoms with van der Waals surface area (Å²) in [5, 5.41) is 11.9. The molecule has 20 heavy (non-hydrogen) atoms. The fourth-order valence-electron chi connectivity index (χ4n) is 1.95. The highest BCUT2D eigenvalue weighted by molar-refractivity contribution is 7.99. The Hall–Kier alpha value is -1.62. The molecule has 0 fully saturated rings. The number of hydrogen-bond donors (Lipinski definition) is 1. The Balaban J connectivity index is 2.10. The normalized spacial score (nSPS) is 10.9. The highest BCUT2D eigenvalue weighted by atomic mass is 35.5. The van der Waals surface area contributed by atoms with Crippen LogP contribution in [0.25, 0.3) is 10.9 Å². The van der Waals surface area contributed by atoms with E-state index in [1.807, 2.05) is 42.5 Å². The molecule has 3 nitrogen and oxygen atoms in total. The number of halogens is 1. The van der Waals surface area contributed by atoms with Crippen LogP contribution in [0.15, 0.2) is 58.7 Å². The molecule has 0 saturated carbocycles. The molecule has 0 atom stereocenters. The van der Waals surface area contributed by atoms with Gasteiger partial charge in [-0.3, -0.25) is 0 Å². The molecule has 1 aromatic heterocycles. The molecule has 0 saturated heterocycles. The van der Waals surface area contributed by atoms with Crippen molar-refractivity contribution < 1.29 is 5.11 Å². The first-order chi connectivity index (χ1) is 9.79. The van der Waals surface area contributed by atoms with E-state index in [4.69, 9.17) is 11.6 Å². The average molecular weight is 303 g/mol. The number of benzene rings is 2. The Morgan fingerprint density at radius 1 is 1.05 bits per heavy atom. The summed E-state index contributed by atoms with van der Waals surface area (Å²) in [5.74, 6) is 0. The van der Waals surface area contributed by atoms with Crippen LogP contribution in [0.4, 0.5) is 0 Å². The predicted molar refractivity (Wildman–Crippen MR) is 81.0 cm³/mol. The number of rotatable bonds is 3. The maximum absolute atomic E-state index is 9.43. The van der Waals surface area contributed by atoms with Crippen LogP contribution in [0.2, 0.25) is 5.02 Å². The van der Waals surface area contributed by atoms with Gasteiger partial charge in [0.1, 0.15) is 11.4 Å². The maximum atomic E-state index is 9.43. The number of nitrogens with zero attached hydrogens (tertiary/aromatic N) is 2. The Kier molecular flexibility index (Phi) is 3.87. The van der Waals surface area contributed by atoms with E-state index in [0.29, 0.717) is 5.02 Å². The van der Waals surface area contributed by atoms with E-state index in [0.717, 1.165) is 26.4 Å². The lowest BCUT2D eigenvalue weighted by Crippen LogP contribution is -1.91. The van der Waals surface area contributed by atoms with Gasteiger partial charge in [0.15, 0.2) is 0 Å². The van der Waals surface area contributed by atoms with Gasteiger partial charge in [0.05, 0.1) is 17.1 Å². The van der Waals surface area contributed by atoms with Gasteiger partial charge in [-0.2, -0.15) is 0 Å². The van der Waals surface area contributed by atoms with Crippen molar-refractivity contribution in [2.24, 2.45) is 0 Å². The van der Waals surface area contributed by atoms with Gasteiger partial charge in [-0.05, 0) is 17.7 Å². The summed E-state index contributed by atoms with van der Waals surface area (Å²) in [6, 6.07) is 13.3. The van der Waals surface area contributed by atoms with Crippen LogP contribution in [0.1, 0.15) is 5.56 Å². The molecule has 0 aliphatic heterocycles. The standard InChI is InChI=1S/C15H11ClN2OS/c16-12-6-3-4-10(8-19)14(12)20-15-11-5-1-2-7-13(11)17-9-18-15/h1-7,9,19H,8H2. The van der Waals surface area contributed by atoms with Gasteiger partial charge in [-0.15, -0.1) is 0 Å². The lowest BCUT2D eigenvalue weighted by molar-refractivity contribution is 0.279. The summed E-state index contributed by atoms with van der Waals surface area (Å²) in [6.45, 7) is -0.0497. The molecule has 100 valence electrons. The van der Waals surface area contributed by atoms with Gasteiger partial charge in [0, 0.05) is 10.3 Å². The Bertz CT molecular complexity index is 758. The van der Waals surface area contributed by atoms with Crippen LogP contribution in [0.3, 0.4) is 0 Å². The van der Waals surface area contributed by atoms with Gasteiger partial charge < -0.3 is 5.11 Å². The van der Waals surface area contributed by atoms with Gasteiger partial charge >= 0.3 is 0 Å². The van der Waals surface area contributed by atoms with Crippen molar-refractivity contribution in [1.29, 1.82) is 0 Å². The molecular formula is C15H11ClN2OS. The largest absolute Gasteiger partial charge is 0.392 e. The summed E-state index contributed by atoms with van der Waals surface area (Å²) in [6.07, 6.45) is 1.54. The zero-order valence-electron chi connectivity index (χ0n) is 10.5. The Morgan fingerprint density at radius 3 is 2.75 bits per heavy atom. The summed E-state index contributed by atoms with van der Waals surface area (Å²) in [4.78, 5) is 9.41. The van der Waals surface area contributed by atoms with Crippen molar-refractivity contribution in [2.75, 3.05) is 0 Å². The SMILES string of the molecule is OCc1cccc(Cl)c1Sc1ncnc2ccccc12. The lowest BCUT2D eigenvalue weighted by atomic mass is 10.2. The van der Waals surface area contributed by atoms with E-state index >= 15 is 0 Å². The number of fused-ring (bicyclic) bond motifs is 1. The van der Waals surface area contributed by atoms with Crippen LogP contribution in [0, 0.1) is 0 Å². The van der Waals surface area contributed by atoms with Crippen molar-refractivity contribution in [3.05, 3.63) is 59.4 Å². The van der Waals surface area contributed by atoms with Crippen LogP contribution >= 0.6 is 23.4 Å². The molecule has 1 heterocycles. The predicted octanol–water partition coefficient (Wildman–Crippen LogP) is 3.93. The summed E-state index contributed by atoms with van der Waals surface area (Å²) in [5.41, 5.74) is 1.69. The minimum absolute atomic E-state index is 0.0497. The third-order valence-electron chi connectivity index (χ3n) is 2.92. The average Bonchev–Trinajstić information content (AvgIpc) is 2.49. The van der Waals surface area contributed by atoms with E-state index in [1.165, 1.54) is 11.8 Å². The highest BCUT2D eigenvalue weighted by Crippen LogP contribution is 2.37. The lowest BCUT2D eigenvalue weighted by Gasteiger charge is -2.09. The summed E-state index contributed by atoms with van der Waals surface area (Å²) in [7, 11) is 0. The Labute approximate surface area is 125 Å². The number of para-hydroxylation sites is 1. The number of aromatic nitrogens is 2. The van der Waals surface area contributed by atoms with Gasteiger partial charge in [0.2, 0.25) is 0 Å². The van der Waals surface area contributed by atoms with Crippen LogP contribution < -0.4 is 0 Å². The van der Waals surface area contributed by atoms with Crippen molar-refractivity contribution in [3.8, 4) is 0 Å².